The smallest absolute Gasteiger partial charge is 0.378 e. The Morgan fingerprint density at radius 2 is 2.06 bits per heavy atom. The summed E-state index contributed by atoms with van der Waals surface area (Å²) in [7, 11) is 1.52. The van der Waals surface area contributed by atoms with Crippen LogP contribution in [0.25, 0.3) is 5.82 Å². The number of methoxy groups -OCH3 is 1. The van der Waals surface area contributed by atoms with Gasteiger partial charge in [0.1, 0.15) is 0 Å². The van der Waals surface area contributed by atoms with E-state index in [4.69, 9.17) is 4.74 Å². The summed E-state index contributed by atoms with van der Waals surface area (Å²) in [5, 5.41) is 3.44. The number of ether oxygens (including phenoxy) is 1. The van der Waals surface area contributed by atoms with Crippen molar-refractivity contribution in [3.05, 3.63) is 41.9 Å². The summed E-state index contributed by atoms with van der Waals surface area (Å²) >= 11 is 0. The fourth-order valence-electron chi connectivity index (χ4n) is 1.43. The van der Waals surface area contributed by atoms with Gasteiger partial charge in [0.05, 0.1) is 12.3 Å². The molecule has 0 atom stereocenters. The van der Waals surface area contributed by atoms with Crippen molar-refractivity contribution in [2.75, 3.05) is 7.11 Å². The van der Waals surface area contributed by atoms with E-state index in [9.17, 15) is 13.2 Å². The van der Waals surface area contributed by atoms with E-state index in [1.54, 1.807) is 18.2 Å². The maximum Gasteiger partial charge on any atom is 0.435 e. The average Bonchev–Trinajstić information content (AvgIpc) is 2.78. The second kappa shape index (κ2) is 4.77. The molecule has 0 N–H and O–H groups in total. The first kappa shape index (κ1) is 12.6. The predicted molar refractivity (Wildman–Crippen MR) is 57.1 cm³/mol. The van der Waals surface area contributed by atoms with E-state index in [2.05, 4.69) is 10.1 Å². The topological polar surface area (TPSA) is 39.9 Å². The molecule has 0 bridgehead atoms. The highest BCUT2D eigenvalue weighted by Gasteiger charge is 2.33. The van der Waals surface area contributed by atoms with E-state index in [-0.39, 0.29) is 0 Å². The fraction of sp³-hybridized carbons (Fsp3) is 0.273. The van der Waals surface area contributed by atoms with E-state index in [1.807, 2.05) is 0 Å². The normalized spacial score (nSPS) is 11.8. The Labute approximate surface area is 101 Å². The predicted octanol–water partition coefficient (Wildman–Crippen LogP) is 2.43. The second-order valence-electron chi connectivity index (χ2n) is 3.56. The summed E-state index contributed by atoms with van der Waals surface area (Å²) in [4.78, 5) is 4.14. The lowest BCUT2D eigenvalue weighted by atomic mass is 10.3. The Bertz CT molecular complexity index is 536. The van der Waals surface area contributed by atoms with Gasteiger partial charge in [-0.2, -0.15) is 18.3 Å². The molecule has 7 heteroatoms. The van der Waals surface area contributed by atoms with Crippen LogP contribution in [0.1, 0.15) is 11.4 Å². The second-order valence-corrected chi connectivity index (χ2v) is 3.56. The van der Waals surface area contributed by atoms with Gasteiger partial charge in [-0.15, -0.1) is 0 Å². The van der Waals surface area contributed by atoms with Gasteiger partial charge in [-0.1, -0.05) is 6.07 Å². The zero-order valence-corrected chi connectivity index (χ0v) is 9.48. The summed E-state index contributed by atoms with van der Waals surface area (Å²) < 4.78 is 43.2. The number of rotatable bonds is 3. The number of alkyl halides is 3. The largest absolute Gasteiger partial charge is 0.435 e. The van der Waals surface area contributed by atoms with Crippen molar-refractivity contribution in [1.82, 2.24) is 14.8 Å². The lowest BCUT2D eigenvalue weighted by Gasteiger charge is -2.04. The molecule has 2 aromatic heterocycles. The summed E-state index contributed by atoms with van der Waals surface area (Å²) in [5.41, 5.74) is -0.319. The number of hydrogen-bond donors (Lipinski definition) is 0. The van der Waals surface area contributed by atoms with Crippen molar-refractivity contribution >= 4 is 0 Å². The van der Waals surface area contributed by atoms with Crippen LogP contribution in [0.5, 0.6) is 0 Å². The lowest BCUT2D eigenvalue weighted by Crippen LogP contribution is -2.08. The first-order chi connectivity index (χ1) is 8.50. The quantitative estimate of drug-likeness (QED) is 0.847. The molecule has 0 saturated heterocycles. The van der Waals surface area contributed by atoms with E-state index in [0.29, 0.717) is 18.1 Å². The van der Waals surface area contributed by atoms with Gasteiger partial charge in [0, 0.05) is 13.3 Å². The lowest BCUT2D eigenvalue weighted by molar-refractivity contribution is -0.141. The van der Waals surface area contributed by atoms with Gasteiger partial charge >= 0.3 is 6.18 Å². The molecule has 0 fully saturated rings. The SMILES string of the molecule is COCc1cccc(-n2ccc(C(F)(F)F)n2)n1. The molecule has 96 valence electrons. The van der Waals surface area contributed by atoms with Crippen molar-refractivity contribution in [1.29, 1.82) is 0 Å². The third-order valence-electron chi connectivity index (χ3n) is 2.20. The molecule has 0 amide bonds. The van der Waals surface area contributed by atoms with Gasteiger partial charge in [-0.05, 0) is 18.2 Å². The van der Waals surface area contributed by atoms with Gasteiger partial charge in [0.25, 0.3) is 0 Å². The molecular weight excluding hydrogens is 247 g/mol. The Morgan fingerprint density at radius 1 is 1.28 bits per heavy atom. The van der Waals surface area contributed by atoms with Crippen molar-refractivity contribution in [3.8, 4) is 5.82 Å². The highest BCUT2D eigenvalue weighted by atomic mass is 19.4. The minimum atomic E-state index is -4.45. The van der Waals surface area contributed by atoms with Crippen LogP contribution in [0.15, 0.2) is 30.5 Å². The zero-order chi connectivity index (χ0) is 13.2. The molecule has 2 aromatic rings. The molecule has 0 aliphatic rings. The minimum absolute atomic E-state index is 0.293. The molecule has 0 saturated carbocycles. The van der Waals surface area contributed by atoms with Crippen molar-refractivity contribution in [2.45, 2.75) is 12.8 Å². The Morgan fingerprint density at radius 3 is 2.67 bits per heavy atom. The van der Waals surface area contributed by atoms with Crippen LogP contribution < -0.4 is 0 Å². The van der Waals surface area contributed by atoms with Gasteiger partial charge in [0.15, 0.2) is 11.5 Å². The minimum Gasteiger partial charge on any atom is -0.378 e. The summed E-state index contributed by atoms with van der Waals surface area (Å²) in [6, 6.07) is 5.89. The van der Waals surface area contributed by atoms with Crippen LogP contribution >= 0.6 is 0 Å². The molecule has 2 rings (SSSR count). The Balaban J connectivity index is 2.31. The van der Waals surface area contributed by atoms with E-state index < -0.39 is 11.9 Å². The van der Waals surface area contributed by atoms with Crippen LogP contribution in [0.3, 0.4) is 0 Å². The highest BCUT2D eigenvalue weighted by Crippen LogP contribution is 2.27. The number of nitrogens with zero attached hydrogens (tertiary/aromatic N) is 3. The van der Waals surface area contributed by atoms with Gasteiger partial charge < -0.3 is 4.74 Å². The average molecular weight is 257 g/mol. The maximum absolute atomic E-state index is 12.4. The maximum atomic E-state index is 12.4. The van der Waals surface area contributed by atoms with Gasteiger partial charge in [0.2, 0.25) is 0 Å². The fourth-order valence-corrected chi connectivity index (χ4v) is 1.43. The molecule has 0 spiro atoms. The summed E-state index contributed by atoms with van der Waals surface area (Å²) in [6.45, 7) is 0.293. The van der Waals surface area contributed by atoms with Crippen LogP contribution in [0, 0.1) is 0 Å². The molecule has 2 heterocycles. The first-order valence-electron chi connectivity index (χ1n) is 5.09. The molecule has 0 radical (unpaired) electrons. The Hall–Kier alpha value is -1.89. The van der Waals surface area contributed by atoms with E-state index >= 15 is 0 Å². The molecule has 18 heavy (non-hydrogen) atoms. The number of aromatic nitrogens is 3. The first-order valence-corrected chi connectivity index (χ1v) is 5.09. The molecule has 4 nitrogen and oxygen atoms in total. The van der Waals surface area contributed by atoms with Crippen LogP contribution in [0.4, 0.5) is 13.2 Å². The Kier molecular flexibility index (Phi) is 3.33. The third kappa shape index (κ3) is 2.67. The summed E-state index contributed by atoms with van der Waals surface area (Å²) in [5.74, 6) is 0.319. The van der Waals surface area contributed by atoms with Gasteiger partial charge in [-0.3, -0.25) is 0 Å². The standard InChI is InChI=1S/C11H10F3N3O/c1-18-7-8-3-2-4-10(15-8)17-6-5-9(16-17)11(12,13)14/h2-6H,7H2,1H3. The number of halogens is 3. The number of pyridine rings is 1. The van der Waals surface area contributed by atoms with Crippen molar-refractivity contribution < 1.29 is 17.9 Å². The van der Waals surface area contributed by atoms with Crippen LogP contribution in [-0.2, 0) is 17.5 Å². The van der Waals surface area contributed by atoms with Crippen LogP contribution in [-0.4, -0.2) is 21.9 Å². The van der Waals surface area contributed by atoms with E-state index in [1.165, 1.54) is 13.3 Å². The molecule has 0 aromatic carbocycles. The van der Waals surface area contributed by atoms with Crippen LogP contribution in [0.2, 0.25) is 0 Å². The monoisotopic (exact) mass is 257 g/mol. The molecule has 0 unspecified atom stereocenters. The van der Waals surface area contributed by atoms with Crippen molar-refractivity contribution in [3.63, 3.8) is 0 Å². The molecule has 0 aliphatic carbocycles. The van der Waals surface area contributed by atoms with Crippen molar-refractivity contribution in [2.24, 2.45) is 0 Å². The molecule has 0 aliphatic heterocycles. The van der Waals surface area contributed by atoms with Gasteiger partial charge in [-0.25, -0.2) is 9.67 Å². The zero-order valence-electron chi connectivity index (χ0n) is 9.48. The summed E-state index contributed by atoms with van der Waals surface area (Å²) in [6.07, 6.45) is -3.23. The number of hydrogen-bond acceptors (Lipinski definition) is 3. The molecular formula is C11H10F3N3O. The highest BCUT2D eigenvalue weighted by molar-refractivity contribution is 5.24. The third-order valence-corrected chi connectivity index (χ3v) is 2.20. The van der Waals surface area contributed by atoms with E-state index in [0.717, 1.165) is 10.7 Å².